The largest absolute Gasteiger partial charge is 0.309 e. The summed E-state index contributed by atoms with van der Waals surface area (Å²) in [4.78, 5) is 16.2. The lowest BCUT2D eigenvalue weighted by atomic mass is 10.0. The number of anilines is 1. The molecule has 0 spiro atoms. The fourth-order valence-corrected chi connectivity index (χ4v) is 2.55. The van der Waals surface area contributed by atoms with Crippen molar-refractivity contribution in [3.05, 3.63) is 46.1 Å². The van der Waals surface area contributed by atoms with E-state index in [1.54, 1.807) is 11.7 Å². The Morgan fingerprint density at radius 1 is 1.40 bits per heavy atom. The first-order chi connectivity index (χ1) is 9.56. The van der Waals surface area contributed by atoms with Gasteiger partial charge in [-0.1, -0.05) is 23.7 Å². The van der Waals surface area contributed by atoms with Gasteiger partial charge in [0.15, 0.2) is 0 Å². The van der Waals surface area contributed by atoms with Gasteiger partial charge >= 0.3 is 0 Å². The van der Waals surface area contributed by atoms with Crippen LogP contribution in [0.1, 0.15) is 16.8 Å². The third kappa shape index (κ3) is 2.10. The predicted octanol–water partition coefficient (Wildman–Crippen LogP) is 2.17. The van der Waals surface area contributed by atoms with Crippen LogP contribution in [0.25, 0.3) is 0 Å². The molecule has 1 aliphatic rings. The van der Waals surface area contributed by atoms with Crippen LogP contribution in [0.3, 0.4) is 0 Å². The summed E-state index contributed by atoms with van der Waals surface area (Å²) in [6.07, 6.45) is 0. The van der Waals surface area contributed by atoms with Crippen molar-refractivity contribution in [1.82, 2.24) is 9.78 Å². The van der Waals surface area contributed by atoms with E-state index in [2.05, 4.69) is 15.4 Å². The van der Waals surface area contributed by atoms with Crippen molar-refractivity contribution < 1.29 is 4.79 Å². The summed E-state index contributed by atoms with van der Waals surface area (Å²) in [5.41, 5.74) is 3.29. The van der Waals surface area contributed by atoms with Gasteiger partial charge in [0.05, 0.1) is 17.0 Å². The van der Waals surface area contributed by atoms with Gasteiger partial charge < -0.3 is 5.32 Å². The standard InChI is InChI=1S/C14H13ClN4O/c1-8-12-13(9-4-3-5-10(15)6-9)16-7-11(20)17-14(12)19(2)18-8/h3-6H,7H2,1-2H3,(H,17,20). The summed E-state index contributed by atoms with van der Waals surface area (Å²) >= 11 is 6.05. The number of aryl methyl sites for hydroxylation is 2. The monoisotopic (exact) mass is 288 g/mol. The zero-order chi connectivity index (χ0) is 14.3. The molecule has 5 nitrogen and oxygen atoms in total. The van der Waals surface area contributed by atoms with Gasteiger partial charge in [0.1, 0.15) is 12.4 Å². The minimum atomic E-state index is -0.147. The number of carbonyl (C=O) groups is 1. The molecule has 102 valence electrons. The number of amides is 1. The average Bonchev–Trinajstić information content (AvgIpc) is 2.59. The van der Waals surface area contributed by atoms with Gasteiger partial charge in [0.25, 0.3) is 0 Å². The Morgan fingerprint density at radius 3 is 2.95 bits per heavy atom. The highest BCUT2D eigenvalue weighted by atomic mass is 35.5. The fourth-order valence-electron chi connectivity index (χ4n) is 2.36. The minimum Gasteiger partial charge on any atom is -0.309 e. The number of aliphatic imine (C=N–C) groups is 1. The number of hydrogen-bond donors (Lipinski definition) is 1. The van der Waals surface area contributed by atoms with Crippen LogP contribution < -0.4 is 5.32 Å². The summed E-state index contributed by atoms with van der Waals surface area (Å²) in [5, 5.41) is 7.83. The lowest BCUT2D eigenvalue weighted by Crippen LogP contribution is -2.16. The summed E-state index contributed by atoms with van der Waals surface area (Å²) in [6, 6.07) is 7.44. The smallest absolute Gasteiger partial charge is 0.247 e. The molecule has 2 heterocycles. The quantitative estimate of drug-likeness (QED) is 0.874. The maximum Gasteiger partial charge on any atom is 0.247 e. The number of hydrogen-bond acceptors (Lipinski definition) is 3. The van der Waals surface area contributed by atoms with Crippen molar-refractivity contribution in [1.29, 1.82) is 0 Å². The Kier molecular flexibility index (Phi) is 3.06. The van der Waals surface area contributed by atoms with E-state index in [-0.39, 0.29) is 12.5 Å². The highest BCUT2D eigenvalue weighted by molar-refractivity contribution is 6.31. The third-order valence-electron chi connectivity index (χ3n) is 3.20. The van der Waals surface area contributed by atoms with Crippen molar-refractivity contribution in [3.8, 4) is 0 Å². The summed E-state index contributed by atoms with van der Waals surface area (Å²) in [7, 11) is 1.80. The lowest BCUT2D eigenvalue weighted by Gasteiger charge is -2.07. The molecule has 0 aliphatic carbocycles. The number of fused-ring (bicyclic) bond motifs is 1. The topological polar surface area (TPSA) is 59.3 Å². The van der Waals surface area contributed by atoms with E-state index in [1.165, 1.54) is 0 Å². The number of halogens is 1. The van der Waals surface area contributed by atoms with Crippen LogP contribution in [0.15, 0.2) is 29.3 Å². The van der Waals surface area contributed by atoms with Gasteiger partial charge in [0, 0.05) is 17.6 Å². The molecular formula is C14H13ClN4O. The predicted molar refractivity (Wildman–Crippen MR) is 78.5 cm³/mol. The maximum absolute atomic E-state index is 11.8. The molecule has 0 radical (unpaired) electrons. The van der Waals surface area contributed by atoms with Gasteiger partial charge in [0.2, 0.25) is 5.91 Å². The molecule has 0 saturated carbocycles. The van der Waals surface area contributed by atoms with Crippen LogP contribution in [-0.4, -0.2) is 27.9 Å². The number of nitrogens with one attached hydrogen (secondary N) is 1. The molecule has 0 saturated heterocycles. The van der Waals surface area contributed by atoms with Crippen molar-refractivity contribution >= 4 is 29.0 Å². The Hall–Kier alpha value is -2.14. The van der Waals surface area contributed by atoms with E-state index in [4.69, 9.17) is 11.6 Å². The zero-order valence-corrected chi connectivity index (χ0v) is 11.9. The van der Waals surface area contributed by atoms with Crippen LogP contribution >= 0.6 is 11.6 Å². The Bertz CT molecular complexity index is 733. The summed E-state index contributed by atoms with van der Waals surface area (Å²) < 4.78 is 1.66. The molecule has 0 unspecified atom stereocenters. The van der Waals surface area contributed by atoms with E-state index in [9.17, 15) is 4.79 Å². The average molecular weight is 289 g/mol. The number of nitrogens with zero attached hydrogens (tertiary/aromatic N) is 3. The molecule has 1 N–H and O–H groups in total. The Labute approximate surface area is 121 Å². The Morgan fingerprint density at radius 2 is 2.20 bits per heavy atom. The van der Waals surface area contributed by atoms with E-state index < -0.39 is 0 Å². The number of aromatic nitrogens is 2. The summed E-state index contributed by atoms with van der Waals surface area (Å²) in [5.74, 6) is 0.523. The van der Waals surface area contributed by atoms with Gasteiger partial charge in [-0.05, 0) is 19.1 Å². The van der Waals surface area contributed by atoms with Gasteiger partial charge in [-0.2, -0.15) is 5.10 Å². The van der Waals surface area contributed by atoms with Gasteiger partial charge in [-0.15, -0.1) is 0 Å². The van der Waals surface area contributed by atoms with E-state index in [1.807, 2.05) is 31.2 Å². The first-order valence-corrected chi connectivity index (χ1v) is 6.58. The van der Waals surface area contributed by atoms with Crippen LogP contribution in [0.5, 0.6) is 0 Å². The molecule has 3 rings (SSSR count). The first kappa shape index (κ1) is 12.9. The van der Waals surface area contributed by atoms with Gasteiger partial charge in [-0.3, -0.25) is 14.5 Å². The fraction of sp³-hybridized carbons (Fsp3) is 0.214. The highest BCUT2D eigenvalue weighted by Gasteiger charge is 2.24. The highest BCUT2D eigenvalue weighted by Crippen LogP contribution is 2.26. The second kappa shape index (κ2) is 4.76. The van der Waals surface area contributed by atoms with E-state index in [0.29, 0.717) is 10.8 Å². The van der Waals surface area contributed by atoms with E-state index >= 15 is 0 Å². The summed E-state index contributed by atoms with van der Waals surface area (Å²) in [6.45, 7) is 1.99. The van der Waals surface area contributed by atoms with Gasteiger partial charge in [-0.25, -0.2) is 0 Å². The van der Waals surface area contributed by atoms with Crippen LogP contribution in [0, 0.1) is 6.92 Å². The van der Waals surface area contributed by atoms with Crippen LogP contribution in [-0.2, 0) is 11.8 Å². The number of carbonyl (C=O) groups excluding carboxylic acids is 1. The van der Waals surface area contributed by atoms with Crippen LogP contribution in [0.2, 0.25) is 5.02 Å². The minimum absolute atomic E-state index is 0.0932. The third-order valence-corrected chi connectivity index (χ3v) is 3.43. The second-order valence-electron chi connectivity index (χ2n) is 4.66. The SMILES string of the molecule is Cc1nn(C)c2c1C(c1cccc(Cl)c1)=NCC(=O)N2. The molecule has 1 aliphatic heterocycles. The Balaban J connectivity index is 2.23. The lowest BCUT2D eigenvalue weighted by molar-refractivity contribution is -0.114. The molecule has 0 fully saturated rings. The number of benzene rings is 1. The number of rotatable bonds is 1. The first-order valence-electron chi connectivity index (χ1n) is 6.20. The second-order valence-corrected chi connectivity index (χ2v) is 5.09. The molecule has 2 aromatic rings. The zero-order valence-electron chi connectivity index (χ0n) is 11.1. The van der Waals surface area contributed by atoms with E-state index in [0.717, 1.165) is 22.5 Å². The maximum atomic E-state index is 11.8. The molecule has 1 amide bonds. The molecule has 1 aromatic heterocycles. The molecular weight excluding hydrogens is 276 g/mol. The normalized spacial score (nSPS) is 14.3. The molecule has 6 heteroatoms. The molecule has 20 heavy (non-hydrogen) atoms. The van der Waals surface area contributed by atoms with Crippen molar-refractivity contribution in [2.45, 2.75) is 6.92 Å². The molecule has 1 aromatic carbocycles. The molecule has 0 atom stereocenters. The van der Waals surface area contributed by atoms with Crippen molar-refractivity contribution in [2.24, 2.45) is 12.0 Å². The van der Waals surface area contributed by atoms with Crippen molar-refractivity contribution in [3.63, 3.8) is 0 Å². The van der Waals surface area contributed by atoms with Crippen LogP contribution in [0.4, 0.5) is 5.82 Å². The molecule has 0 bridgehead atoms. The van der Waals surface area contributed by atoms with Crippen molar-refractivity contribution in [2.75, 3.05) is 11.9 Å².